The molecule has 1 heterocycles. The molecule has 0 unspecified atom stereocenters. The monoisotopic (exact) mass is 288 g/mol. The van der Waals surface area contributed by atoms with Crippen molar-refractivity contribution in [2.45, 2.75) is 45.4 Å². The van der Waals surface area contributed by atoms with Crippen LogP contribution in [0, 0.1) is 0 Å². The minimum atomic E-state index is -0.154. The molecule has 114 valence electrons. The molecule has 2 aromatic rings. The summed E-state index contributed by atoms with van der Waals surface area (Å²) in [5.41, 5.74) is 7.07. The predicted octanol–water partition coefficient (Wildman–Crippen LogP) is 4.11. The van der Waals surface area contributed by atoms with E-state index in [2.05, 4.69) is 12.2 Å². The van der Waals surface area contributed by atoms with Gasteiger partial charge < -0.3 is 15.5 Å². The highest BCUT2D eigenvalue weighted by molar-refractivity contribution is 5.96. The molecule has 1 aromatic heterocycles. The van der Waals surface area contributed by atoms with Gasteiger partial charge in [0.25, 0.3) is 5.91 Å². The highest BCUT2D eigenvalue weighted by atomic mass is 16.3. The zero-order chi connectivity index (χ0) is 15.1. The number of hydrogen-bond donors (Lipinski definition) is 2. The third-order valence-electron chi connectivity index (χ3n) is 3.58. The Morgan fingerprint density at radius 2 is 1.90 bits per heavy atom. The molecule has 3 N–H and O–H groups in total. The van der Waals surface area contributed by atoms with Crippen molar-refractivity contribution >= 4 is 22.6 Å². The second-order valence-corrected chi connectivity index (χ2v) is 5.43. The van der Waals surface area contributed by atoms with Gasteiger partial charge in [-0.2, -0.15) is 0 Å². The number of nitrogen functional groups attached to an aromatic ring is 1. The number of carbonyl (C=O) groups is 1. The van der Waals surface area contributed by atoms with E-state index in [0.29, 0.717) is 23.6 Å². The predicted molar refractivity (Wildman–Crippen MR) is 86.3 cm³/mol. The SMILES string of the molecule is CCCCCCCCNC(=O)c1cc2cc(N)ccc2o1. The number of unbranched alkanes of at least 4 members (excludes halogenated alkanes) is 5. The van der Waals surface area contributed by atoms with Crippen LogP contribution in [-0.2, 0) is 0 Å². The van der Waals surface area contributed by atoms with E-state index in [-0.39, 0.29) is 5.91 Å². The maximum Gasteiger partial charge on any atom is 0.287 e. The molecule has 0 fully saturated rings. The fourth-order valence-electron chi connectivity index (χ4n) is 2.37. The van der Waals surface area contributed by atoms with Crippen molar-refractivity contribution in [2.75, 3.05) is 12.3 Å². The summed E-state index contributed by atoms with van der Waals surface area (Å²) in [5.74, 6) is 0.194. The first-order chi connectivity index (χ1) is 10.2. The van der Waals surface area contributed by atoms with E-state index in [1.807, 2.05) is 6.07 Å². The molecule has 0 spiro atoms. The number of anilines is 1. The van der Waals surface area contributed by atoms with E-state index < -0.39 is 0 Å². The van der Waals surface area contributed by atoms with Gasteiger partial charge >= 0.3 is 0 Å². The first-order valence-electron chi connectivity index (χ1n) is 7.78. The van der Waals surface area contributed by atoms with Crippen LogP contribution in [0.15, 0.2) is 28.7 Å². The fourth-order valence-corrected chi connectivity index (χ4v) is 2.37. The molecule has 0 saturated carbocycles. The summed E-state index contributed by atoms with van der Waals surface area (Å²) in [4.78, 5) is 12.0. The number of nitrogens with two attached hydrogens (primary N) is 1. The van der Waals surface area contributed by atoms with Crippen LogP contribution in [0.3, 0.4) is 0 Å². The molecule has 1 aromatic carbocycles. The van der Waals surface area contributed by atoms with E-state index in [0.717, 1.165) is 18.2 Å². The molecule has 0 saturated heterocycles. The van der Waals surface area contributed by atoms with Gasteiger partial charge in [-0.05, 0) is 30.7 Å². The minimum absolute atomic E-state index is 0.154. The topological polar surface area (TPSA) is 68.3 Å². The second kappa shape index (κ2) is 7.72. The Hall–Kier alpha value is -1.97. The van der Waals surface area contributed by atoms with Gasteiger partial charge in [0.1, 0.15) is 5.58 Å². The largest absolute Gasteiger partial charge is 0.451 e. The van der Waals surface area contributed by atoms with Crippen LogP contribution in [0.5, 0.6) is 0 Å². The van der Waals surface area contributed by atoms with Crippen LogP contribution in [0.1, 0.15) is 56.0 Å². The molecule has 4 nitrogen and oxygen atoms in total. The summed E-state index contributed by atoms with van der Waals surface area (Å²) in [6.45, 7) is 2.91. The number of furan rings is 1. The number of rotatable bonds is 8. The van der Waals surface area contributed by atoms with Crippen molar-refractivity contribution in [3.63, 3.8) is 0 Å². The molecular formula is C17H24N2O2. The highest BCUT2D eigenvalue weighted by Crippen LogP contribution is 2.21. The lowest BCUT2D eigenvalue weighted by atomic mass is 10.1. The summed E-state index contributed by atoms with van der Waals surface area (Å²) in [5, 5.41) is 3.76. The van der Waals surface area contributed by atoms with Gasteiger partial charge in [0.15, 0.2) is 5.76 Å². The maximum atomic E-state index is 12.0. The summed E-state index contributed by atoms with van der Waals surface area (Å²) in [7, 11) is 0. The zero-order valence-electron chi connectivity index (χ0n) is 12.7. The number of nitrogens with one attached hydrogen (secondary N) is 1. The highest BCUT2D eigenvalue weighted by Gasteiger charge is 2.11. The summed E-state index contributed by atoms with van der Waals surface area (Å²) >= 11 is 0. The van der Waals surface area contributed by atoms with Crippen LogP contribution in [0.4, 0.5) is 5.69 Å². The van der Waals surface area contributed by atoms with Gasteiger partial charge in [0, 0.05) is 17.6 Å². The van der Waals surface area contributed by atoms with Crippen LogP contribution in [0.25, 0.3) is 11.0 Å². The Morgan fingerprint density at radius 3 is 2.71 bits per heavy atom. The van der Waals surface area contributed by atoms with Crippen molar-refractivity contribution in [1.82, 2.24) is 5.32 Å². The summed E-state index contributed by atoms with van der Waals surface area (Å²) in [6, 6.07) is 7.10. The van der Waals surface area contributed by atoms with E-state index in [1.54, 1.807) is 18.2 Å². The number of carbonyl (C=O) groups excluding carboxylic acids is 1. The van der Waals surface area contributed by atoms with Crippen molar-refractivity contribution in [1.29, 1.82) is 0 Å². The lowest BCUT2D eigenvalue weighted by Crippen LogP contribution is -2.23. The van der Waals surface area contributed by atoms with E-state index in [9.17, 15) is 4.79 Å². The molecule has 1 amide bonds. The smallest absolute Gasteiger partial charge is 0.287 e. The van der Waals surface area contributed by atoms with Crippen molar-refractivity contribution in [3.05, 3.63) is 30.0 Å². The lowest BCUT2D eigenvalue weighted by Gasteiger charge is -2.03. The van der Waals surface area contributed by atoms with Gasteiger partial charge in [-0.3, -0.25) is 4.79 Å². The van der Waals surface area contributed by atoms with Gasteiger partial charge in [-0.1, -0.05) is 39.0 Å². The van der Waals surface area contributed by atoms with Gasteiger partial charge in [-0.25, -0.2) is 0 Å². The van der Waals surface area contributed by atoms with Crippen molar-refractivity contribution in [3.8, 4) is 0 Å². The lowest BCUT2D eigenvalue weighted by molar-refractivity contribution is 0.0927. The Labute approximate surface area is 125 Å². The Morgan fingerprint density at radius 1 is 1.14 bits per heavy atom. The Kier molecular flexibility index (Phi) is 5.67. The van der Waals surface area contributed by atoms with E-state index in [4.69, 9.17) is 10.2 Å². The Balaban J connectivity index is 1.77. The Bertz CT molecular complexity index is 589. The first kappa shape index (κ1) is 15.4. The molecule has 0 aliphatic heterocycles. The molecule has 0 bridgehead atoms. The molecule has 0 aliphatic rings. The molecule has 0 atom stereocenters. The quantitative estimate of drug-likeness (QED) is 0.567. The number of amides is 1. The normalized spacial score (nSPS) is 10.9. The number of benzene rings is 1. The number of hydrogen-bond acceptors (Lipinski definition) is 3. The van der Waals surface area contributed by atoms with Gasteiger partial charge in [0.2, 0.25) is 0 Å². The van der Waals surface area contributed by atoms with Crippen molar-refractivity contribution < 1.29 is 9.21 Å². The average Bonchev–Trinajstić information content (AvgIpc) is 2.89. The summed E-state index contributed by atoms with van der Waals surface area (Å²) < 4.78 is 5.53. The van der Waals surface area contributed by atoms with E-state index in [1.165, 1.54) is 25.7 Å². The van der Waals surface area contributed by atoms with Crippen LogP contribution in [-0.4, -0.2) is 12.5 Å². The molecule has 4 heteroatoms. The second-order valence-electron chi connectivity index (χ2n) is 5.43. The van der Waals surface area contributed by atoms with Crippen LogP contribution < -0.4 is 11.1 Å². The summed E-state index contributed by atoms with van der Waals surface area (Å²) in [6.07, 6.45) is 7.27. The van der Waals surface area contributed by atoms with Crippen LogP contribution in [0.2, 0.25) is 0 Å². The molecule has 2 rings (SSSR count). The maximum absolute atomic E-state index is 12.0. The van der Waals surface area contributed by atoms with E-state index >= 15 is 0 Å². The minimum Gasteiger partial charge on any atom is -0.451 e. The fraction of sp³-hybridized carbons (Fsp3) is 0.471. The third-order valence-corrected chi connectivity index (χ3v) is 3.58. The average molecular weight is 288 g/mol. The molecule has 21 heavy (non-hydrogen) atoms. The van der Waals surface area contributed by atoms with Gasteiger partial charge in [-0.15, -0.1) is 0 Å². The third kappa shape index (κ3) is 4.52. The molecule has 0 radical (unpaired) electrons. The molecule has 0 aliphatic carbocycles. The zero-order valence-corrected chi connectivity index (χ0v) is 12.7. The molecular weight excluding hydrogens is 264 g/mol. The standard InChI is InChI=1S/C17H24N2O2/c1-2-3-4-5-6-7-10-19-17(20)16-12-13-11-14(18)8-9-15(13)21-16/h8-9,11-12H,2-7,10,18H2,1H3,(H,19,20). The first-order valence-corrected chi connectivity index (χ1v) is 7.78. The van der Waals surface area contributed by atoms with Crippen molar-refractivity contribution in [2.24, 2.45) is 0 Å². The van der Waals surface area contributed by atoms with Gasteiger partial charge in [0.05, 0.1) is 0 Å². The number of fused-ring (bicyclic) bond motifs is 1. The van der Waals surface area contributed by atoms with Crippen LogP contribution >= 0.6 is 0 Å².